The summed E-state index contributed by atoms with van der Waals surface area (Å²) in [4.78, 5) is 13.1. The Hall–Kier alpha value is -3.20. The van der Waals surface area contributed by atoms with Crippen molar-refractivity contribution in [2.75, 3.05) is 19.5 Å². The Kier molecular flexibility index (Phi) is 3.68. The third kappa shape index (κ3) is 2.67. The number of nitrogens with one attached hydrogen (secondary N) is 1. The van der Waals surface area contributed by atoms with Crippen LogP contribution in [0.1, 0.15) is 12.8 Å². The van der Waals surface area contributed by atoms with Gasteiger partial charge in [0.2, 0.25) is 17.6 Å². The van der Waals surface area contributed by atoms with E-state index in [0.29, 0.717) is 29.8 Å². The lowest BCUT2D eigenvalue weighted by Gasteiger charge is -2.34. The van der Waals surface area contributed by atoms with Crippen LogP contribution in [-0.2, 0) is 4.74 Å². The van der Waals surface area contributed by atoms with Crippen LogP contribution in [0.4, 0.5) is 5.95 Å². The van der Waals surface area contributed by atoms with Crippen molar-refractivity contribution in [3.05, 3.63) is 37.1 Å². The molecule has 4 aromatic heterocycles. The van der Waals surface area contributed by atoms with Gasteiger partial charge in [-0.05, 0) is 18.9 Å². The van der Waals surface area contributed by atoms with Crippen LogP contribution in [-0.4, -0.2) is 55.3 Å². The number of ether oxygens (including phenoxy) is 2. The maximum absolute atomic E-state index is 5.56. The average molecular weight is 365 g/mol. The van der Waals surface area contributed by atoms with E-state index in [4.69, 9.17) is 9.47 Å². The van der Waals surface area contributed by atoms with Gasteiger partial charge in [-0.25, -0.2) is 14.5 Å². The molecule has 1 aliphatic carbocycles. The number of rotatable bonds is 5. The predicted molar refractivity (Wildman–Crippen MR) is 99.0 cm³/mol. The molecule has 0 aromatic carbocycles. The van der Waals surface area contributed by atoms with Crippen molar-refractivity contribution in [3.63, 3.8) is 0 Å². The van der Waals surface area contributed by atoms with Gasteiger partial charge >= 0.3 is 0 Å². The molecule has 9 nitrogen and oxygen atoms in total. The first kappa shape index (κ1) is 16.0. The number of aromatic nitrogens is 6. The highest BCUT2D eigenvalue weighted by Crippen LogP contribution is 2.32. The molecule has 1 aliphatic rings. The third-order valence-electron chi connectivity index (χ3n) is 4.99. The van der Waals surface area contributed by atoms with Gasteiger partial charge in [-0.15, -0.1) is 5.10 Å². The quantitative estimate of drug-likeness (QED) is 0.579. The van der Waals surface area contributed by atoms with E-state index in [0.717, 1.165) is 29.5 Å². The van der Waals surface area contributed by atoms with Gasteiger partial charge in [0, 0.05) is 55.3 Å². The fraction of sp³-hybridized carbons (Fsp3) is 0.333. The minimum absolute atomic E-state index is 0.317. The van der Waals surface area contributed by atoms with Crippen molar-refractivity contribution in [3.8, 4) is 17.0 Å². The number of methoxy groups -OCH3 is 2. The first-order chi connectivity index (χ1) is 13.2. The van der Waals surface area contributed by atoms with Crippen molar-refractivity contribution < 1.29 is 9.47 Å². The molecule has 138 valence electrons. The zero-order chi connectivity index (χ0) is 18.4. The minimum Gasteiger partial charge on any atom is -0.479 e. The van der Waals surface area contributed by atoms with Crippen LogP contribution in [0.2, 0.25) is 0 Å². The molecule has 0 bridgehead atoms. The van der Waals surface area contributed by atoms with Crippen LogP contribution >= 0.6 is 0 Å². The summed E-state index contributed by atoms with van der Waals surface area (Å²) in [6.07, 6.45) is 11.5. The van der Waals surface area contributed by atoms with E-state index in [1.165, 1.54) is 0 Å². The predicted octanol–water partition coefficient (Wildman–Crippen LogP) is 2.04. The summed E-state index contributed by atoms with van der Waals surface area (Å²) < 4.78 is 14.5. The minimum atomic E-state index is 0.317. The summed E-state index contributed by atoms with van der Waals surface area (Å²) in [5, 5.41) is 7.94. The second-order valence-electron chi connectivity index (χ2n) is 6.61. The maximum atomic E-state index is 5.56. The van der Waals surface area contributed by atoms with Crippen LogP contribution in [0.25, 0.3) is 22.4 Å². The van der Waals surface area contributed by atoms with E-state index in [1.54, 1.807) is 31.1 Å². The Morgan fingerprint density at radius 1 is 1.19 bits per heavy atom. The Bertz CT molecular complexity index is 1110. The molecule has 0 spiro atoms. The number of hydrogen-bond donors (Lipinski definition) is 1. The van der Waals surface area contributed by atoms with Crippen molar-refractivity contribution in [1.82, 2.24) is 29.0 Å². The second-order valence-corrected chi connectivity index (χ2v) is 6.61. The highest BCUT2D eigenvalue weighted by molar-refractivity contribution is 5.84. The molecule has 1 N–H and O–H groups in total. The molecule has 4 heterocycles. The topological polar surface area (TPSA) is 90.9 Å². The Morgan fingerprint density at radius 3 is 2.89 bits per heavy atom. The number of imidazole rings is 1. The van der Waals surface area contributed by atoms with E-state index >= 15 is 0 Å². The van der Waals surface area contributed by atoms with Gasteiger partial charge in [-0.2, -0.15) is 4.98 Å². The molecule has 0 saturated heterocycles. The summed E-state index contributed by atoms with van der Waals surface area (Å²) in [6.45, 7) is 0. The fourth-order valence-electron chi connectivity index (χ4n) is 3.44. The second kappa shape index (κ2) is 6.20. The molecule has 0 radical (unpaired) electrons. The Balaban J connectivity index is 1.53. The molecule has 0 amide bonds. The normalized spacial score (nSPS) is 19.3. The molecule has 5 rings (SSSR count). The SMILES string of the molecule is COc1nc(N[C@H]2C[C@@H](OC)C2)nn2ccc(-c3cnc4nccn4c3)c12. The first-order valence-electron chi connectivity index (χ1n) is 8.77. The van der Waals surface area contributed by atoms with Gasteiger partial charge in [0.1, 0.15) is 5.52 Å². The molecule has 9 heteroatoms. The number of nitrogens with zero attached hydrogens (tertiary/aromatic N) is 6. The summed E-state index contributed by atoms with van der Waals surface area (Å²) >= 11 is 0. The van der Waals surface area contributed by atoms with Gasteiger partial charge in [0.05, 0.1) is 13.2 Å². The average Bonchev–Trinajstić information content (AvgIpc) is 3.29. The Labute approximate surface area is 155 Å². The van der Waals surface area contributed by atoms with Crippen molar-refractivity contribution >= 4 is 17.2 Å². The van der Waals surface area contributed by atoms with Crippen LogP contribution in [0.5, 0.6) is 5.88 Å². The summed E-state index contributed by atoms with van der Waals surface area (Å²) in [5.41, 5.74) is 2.69. The molecule has 1 fully saturated rings. The lowest BCUT2D eigenvalue weighted by atomic mass is 9.89. The van der Waals surface area contributed by atoms with E-state index < -0.39 is 0 Å². The van der Waals surface area contributed by atoms with Gasteiger partial charge < -0.3 is 14.8 Å². The van der Waals surface area contributed by atoms with Crippen LogP contribution < -0.4 is 10.1 Å². The number of hydrogen-bond acceptors (Lipinski definition) is 7. The van der Waals surface area contributed by atoms with Gasteiger partial charge in [-0.1, -0.05) is 0 Å². The zero-order valence-corrected chi connectivity index (χ0v) is 15.0. The van der Waals surface area contributed by atoms with Crippen molar-refractivity contribution in [2.24, 2.45) is 0 Å². The molecule has 0 aliphatic heterocycles. The Morgan fingerprint density at radius 2 is 2.07 bits per heavy atom. The van der Waals surface area contributed by atoms with E-state index in [9.17, 15) is 0 Å². The number of fused-ring (bicyclic) bond motifs is 2. The molecule has 0 atom stereocenters. The molecule has 0 unspecified atom stereocenters. The number of anilines is 1. The fourth-order valence-corrected chi connectivity index (χ4v) is 3.44. The van der Waals surface area contributed by atoms with Gasteiger partial charge in [0.15, 0.2) is 0 Å². The largest absolute Gasteiger partial charge is 0.479 e. The van der Waals surface area contributed by atoms with E-state index in [1.807, 2.05) is 29.1 Å². The zero-order valence-electron chi connectivity index (χ0n) is 15.0. The first-order valence-corrected chi connectivity index (χ1v) is 8.77. The van der Waals surface area contributed by atoms with Crippen LogP contribution in [0, 0.1) is 0 Å². The lowest BCUT2D eigenvalue weighted by Crippen LogP contribution is -2.40. The van der Waals surface area contributed by atoms with Gasteiger partial charge in [0.25, 0.3) is 0 Å². The van der Waals surface area contributed by atoms with E-state index in [-0.39, 0.29) is 0 Å². The summed E-state index contributed by atoms with van der Waals surface area (Å²) in [5.74, 6) is 1.72. The van der Waals surface area contributed by atoms with Crippen molar-refractivity contribution in [1.29, 1.82) is 0 Å². The van der Waals surface area contributed by atoms with Crippen molar-refractivity contribution in [2.45, 2.75) is 25.0 Å². The third-order valence-corrected chi connectivity index (χ3v) is 4.99. The van der Waals surface area contributed by atoms with Crippen LogP contribution in [0.15, 0.2) is 37.1 Å². The monoisotopic (exact) mass is 365 g/mol. The molecule has 4 aromatic rings. The maximum Gasteiger partial charge on any atom is 0.244 e. The molecule has 1 saturated carbocycles. The summed E-state index contributed by atoms with van der Waals surface area (Å²) in [7, 11) is 3.36. The smallest absolute Gasteiger partial charge is 0.244 e. The molecular weight excluding hydrogens is 346 g/mol. The summed E-state index contributed by atoms with van der Waals surface area (Å²) in [6, 6.07) is 2.31. The van der Waals surface area contributed by atoms with Crippen LogP contribution in [0.3, 0.4) is 0 Å². The highest BCUT2D eigenvalue weighted by atomic mass is 16.5. The molecule has 27 heavy (non-hydrogen) atoms. The highest BCUT2D eigenvalue weighted by Gasteiger charge is 2.29. The lowest BCUT2D eigenvalue weighted by molar-refractivity contribution is 0.0326. The van der Waals surface area contributed by atoms with E-state index in [2.05, 4.69) is 25.4 Å². The van der Waals surface area contributed by atoms with Gasteiger partial charge in [-0.3, -0.25) is 4.40 Å². The standard InChI is InChI=1S/C18H19N7O2/c1-26-13-7-12(8-13)21-17-22-16(27-2)15-14(3-5-25(15)23-17)11-9-20-18-19-4-6-24(18)10-11/h3-6,9-10,12-13H,7-8H2,1-2H3,(H,21,23)/t12-,13+. The molecular formula is C18H19N7O2.